The molecule has 0 radical (unpaired) electrons. The van der Waals surface area contributed by atoms with Crippen LogP contribution in [0.15, 0.2) is 20.9 Å². The molecule has 0 bridgehead atoms. The van der Waals surface area contributed by atoms with Crippen molar-refractivity contribution < 1.29 is 0 Å². The lowest BCUT2D eigenvalue weighted by Gasteiger charge is -2.08. The zero-order chi connectivity index (χ0) is 12.3. The molecule has 0 aliphatic rings. The molecular weight excluding hydrogens is 252 g/mol. The van der Waals surface area contributed by atoms with E-state index in [9.17, 15) is 0 Å². The Balaban J connectivity index is 2.14. The maximum atomic E-state index is 4.49. The molecule has 2 N–H and O–H groups in total. The Morgan fingerprint density at radius 3 is 2.76 bits per heavy atom. The number of nitrogens with zero attached hydrogens (tertiary/aromatic N) is 2. The number of aliphatic imine (C=N–C) groups is 1. The van der Waals surface area contributed by atoms with Gasteiger partial charge in [-0.25, -0.2) is 4.98 Å². The first-order valence-corrected chi connectivity index (χ1v) is 7.77. The number of aromatic nitrogens is 1. The topological polar surface area (TPSA) is 49.3 Å². The molecule has 4 nitrogen and oxygen atoms in total. The van der Waals surface area contributed by atoms with Crippen LogP contribution in [0.1, 0.15) is 20.3 Å². The lowest BCUT2D eigenvalue weighted by atomic mass is 10.5. The summed E-state index contributed by atoms with van der Waals surface area (Å²) >= 11 is 3.50. The van der Waals surface area contributed by atoms with Gasteiger partial charge in [0, 0.05) is 37.0 Å². The number of hydrogen-bond donors (Lipinski definition) is 2. The second-order valence-corrected chi connectivity index (χ2v) is 5.53. The van der Waals surface area contributed by atoms with Crippen molar-refractivity contribution in [3.05, 3.63) is 11.6 Å². The minimum Gasteiger partial charge on any atom is -0.357 e. The Hall–Kier alpha value is -0.750. The van der Waals surface area contributed by atoms with Crippen LogP contribution in [-0.4, -0.2) is 36.3 Å². The molecule has 0 fully saturated rings. The van der Waals surface area contributed by atoms with Crippen LogP contribution in [0.3, 0.4) is 0 Å². The molecule has 1 aromatic heterocycles. The van der Waals surface area contributed by atoms with Crippen LogP contribution >= 0.6 is 23.1 Å². The van der Waals surface area contributed by atoms with Crippen molar-refractivity contribution in [2.75, 3.05) is 25.4 Å². The number of nitrogens with one attached hydrogen (secondary N) is 2. The minimum atomic E-state index is 0.855. The van der Waals surface area contributed by atoms with Crippen molar-refractivity contribution in [1.29, 1.82) is 0 Å². The molecule has 0 spiro atoms. The third kappa shape index (κ3) is 6.53. The zero-order valence-electron chi connectivity index (χ0n) is 10.4. The number of hydrogen-bond acceptors (Lipinski definition) is 4. The van der Waals surface area contributed by atoms with Crippen LogP contribution in [0.2, 0.25) is 0 Å². The molecule has 1 rings (SSSR count). The summed E-state index contributed by atoms with van der Waals surface area (Å²) in [5, 5.41) is 8.43. The largest absolute Gasteiger partial charge is 0.357 e. The van der Waals surface area contributed by atoms with Crippen LogP contribution in [-0.2, 0) is 0 Å². The van der Waals surface area contributed by atoms with E-state index in [2.05, 4.69) is 34.5 Å². The van der Waals surface area contributed by atoms with Gasteiger partial charge < -0.3 is 10.6 Å². The Kier molecular flexibility index (Phi) is 7.83. The molecule has 0 aromatic carbocycles. The SMILES string of the molecule is CCNC(=NCCCSc1nccs1)NCC. The van der Waals surface area contributed by atoms with Crippen LogP contribution in [0.4, 0.5) is 0 Å². The molecular formula is C11H20N4S2. The fourth-order valence-corrected chi connectivity index (χ4v) is 2.84. The summed E-state index contributed by atoms with van der Waals surface area (Å²) in [5.74, 6) is 1.98. The van der Waals surface area contributed by atoms with E-state index in [4.69, 9.17) is 0 Å². The zero-order valence-corrected chi connectivity index (χ0v) is 12.0. The van der Waals surface area contributed by atoms with Gasteiger partial charge in [-0.2, -0.15) is 0 Å². The van der Waals surface area contributed by atoms with E-state index in [1.54, 1.807) is 23.1 Å². The van der Waals surface area contributed by atoms with Crippen molar-refractivity contribution in [3.8, 4) is 0 Å². The van der Waals surface area contributed by atoms with Gasteiger partial charge in [0.1, 0.15) is 4.34 Å². The van der Waals surface area contributed by atoms with Gasteiger partial charge in [0.05, 0.1) is 0 Å². The average molecular weight is 272 g/mol. The molecule has 1 heterocycles. The highest BCUT2D eigenvalue weighted by Crippen LogP contribution is 2.20. The molecule has 0 atom stereocenters. The van der Waals surface area contributed by atoms with Gasteiger partial charge in [0.25, 0.3) is 0 Å². The third-order valence-corrected chi connectivity index (χ3v) is 3.95. The molecule has 0 saturated carbocycles. The standard InChI is InChI=1S/C11H20N4S2/c1-3-12-10(13-4-2)14-6-5-8-16-11-15-7-9-17-11/h7,9H,3-6,8H2,1-2H3,(H2,12,13,14). The van der Waals surface area contributed by atoms with Gasteiger partial charge in [-0.15, -0.1) is 11.3 Å². The van der Waals surface area contributed by atoms with Crippen molar-refractivity contribution in [2.45, 2.75) is 24.6 Å². The molecule has 0 aliphatic heterocycles. The predicted molar refractivity (Wildman–Crippen MR) is 77.1 cm³/mol. The van der Waals surface area contributed by atoms with Gasteiger partial charge in [0.2, 0.25) is 0 Å². The summed E-state index contributed by atoms with van der Waals surface area (Å²) in [6.07, 6.45) is 2.92. The van der Waals surface area contributed by atoms with E-state index in [-0.39, 0.29) is 0 Å². The minimum absolute atomic E-state index is 0.855. The Bertz CT molecular complexity index is 303. The van der Waals surface area contributed by atoms with Crippen molar-refractivity contribution in [3.63, 3.8) is 0 Å². The quantitative estimate of drug-likeness (QED) is 0.346. The highest BCUT2D eigenvalue weighted by Gasteiger charge is 1.96. The van der Waals surface area contributed by atoms with Crippen LogP contribution in [0, 0.1) is 0 Å². The van der Waals surface area contributed by atoms with E-state index >= 15 is 0 Å². The molecule has 96 valence electrons. The molecule has 0 unspecified atom stereocenters. The number of thiazole rings is 1. The highest BCUT2D eigenvalue weighted by molar-refractivity contribution is 8.00. The van der Waals surface area contributed by atoms with Crippen LogP contribution < -0.4 is 10.6 Å². The van der Waals surface area contributed by atoms with Crippen LogP contribution in [0.25, 0.3) is 0 Å². The summed E-state index contributed by atoms with van der Waals surface area (Å²) in [4.78, 5) is 8.71. The van der Waals surface area contributed by atoms with Gasteiger partial charge in [-0.3, -0.25) is 4.99 Å². The maximum Gasteiger partial charge on any atom is 0.191 e. The fraction of sp³-hybridized carbons (Fsp3) is 0.636. The lowest BCUT2D eigenvalue weighted by molar-refractivity contribution is 0.829. The average Bonchev–Trinajstić information content (AvgIpc) is 2.82. The summed E-state index contributed by atoms with van der Waals surface area (Å²) in [5.41, 5.74) is 0. The molecule has 6 heteroatoms. The maximum absolute atomic E-state index is 4.49. The summed E-state index contributed by atoms with van der Waals surface area (Å²) < 4.78 is 1.15. The van der Waals surface area contributed by atoms with E-state index in [1.165, 1.54) is 0 Å². The van der Waals surface area contributed by atoms with Gasteiger partial charge in [-0.1, -0.05) is 11.8 Å². The molecule has 0 saturated heterocycles. The monoisotopic (exact) mass is 272 g/mol. The van der Waals surface area contributed by atoms with E-state index in [1.807, 2.05) is 11.6 Å². The normalized spacial score (nSPS) is 10.0. The summed E-state index contributed by atoms with van der Waals surface area (Å²) in [6, 6.07) is 0. The van der Waals surface area contributed by atoms with Gasteiger partial charge in [-0.05, 0) is 20.3 Å². The fourth-order valence-electron chi connectivity index (χ4n) is 1.21. The van der Waals surface area contributed by atoms with Crippen LogP contribution in [0.5, 0.6) is 0 Å². The first-order chi connectivity index (χ1) is 8.36. The third-order valence-electron chi connectivity index (χ3n) is 1.90. The second-order valence-electron chi connectivity index (χ2n) is 3.29. The smallest absolute Gasteiger partial charge is 0.191 e. The number of guanidine groups is 1. The Labute approximate surface area is 111 Å². The van der Waals surface area contributed by atoms with E-state index in [0.717, 1.165) is 42.1 Å². The Morgan fingerprint density at radius 1 is 1.41 bits per heavy atom. The molecule has 17 heavy (non-hydrogen) atoms. The van der Waals surface area contributed by atoms with Crippen molar-refractivity contribution in [1.82, 2.24) is 15.6 Å². The summed E-state index contributed by atoms with van der Waals surface area (Å²) in [6.45, 7) is 6.81. The second kappa shape index (κ2) is 9.30. The van der Waals surface area contributed by atoms with Crippen molar-refractivity contribution in [2.24, 2.45) is 4.99 Å². The van der Waals surface area contributed by atoms with Crippen molar-refractivity contribution >= 4 is 29.1 Å². The molecule has 1 aromatic rings. The van der Waals surface area contributed by atoms with Gasteiger partial charge in [0.15, 0.2) is 5.96 Å². The van der Waals surface area contributed by atoms with E-state index < -0.39 is 0 Å². The molecule has 0 amide bonds. The molecule has 0 aliphatic carbocycles. The number of rotatable bonds is 7. The predicted octanol–water partition coefficient (Wildman–Crippen LogP) is 2.20. The highest BCUT2D eigenvalue weighted by atomic mass is 32.2. The first-order valence-electron chi connectivity index (χ1n) is 5.91. The first kappa shape index (κ1) is 14.3. The Morgan fingerprint density at radius 2 is 2.18 bits per heavy atom. The lowest BCUT2D eigenvalue weighted by Crippen LogP contribution is -2.37. The van der Waals surface area contributed by atoms with Gasteiger partial charge >= 0.3 is 0 Å². The summed E-state index contributed by atoms with van der Waals surface area (Å²) in [7, 11) is 0. The number of thioether (sulfide) groups is 1. The van der Waals surface area contributed by atoms with E-state index in [0.29, 0.717) is 0 Å².